The molecule has 0 saturated heterocycles. The fourth-order valence-corrected chi connectivity index (χ4v) is 14.9. The summed E-state index contributed by atoms with van der Waals surface area (Å²) < 4.78 is 0. The molecule has 1 aromatic heterocycles. The number of hydrogen-bond acceptors (Lipinski definition) is 23. The van der Waals surface area contributed by atoms with E-state index in [0.717, 1.165) is 32.1 Å². The number of rotatable bonds is 58. The molecule has 2 aliphatic carbocycles. The van der Waals surface area contributed by atoms with Crippen LogP contribution in [0.4, 0.5) is 0 Å². The largest absolute Gasteiger partial charge is 0.480 e. The summed E-state index contributed by atoms with van der Waals surface area (Å²) >= 11 is 0. The third-order valence-corrected chi connectivity index (χ3v) is 21.4. The molecular weight excluding hydrogens is 1490 g/mol. The quantitative estimate of drug-likeness (QED) is 0.0374. The number of aromatic amines is 1. The van der Waals surface area contributed by atoms with Gasteiger partial charge in [-0.1, -0.05) is 44.3 Å². The molecule has 11 atom stereocenters. The highest BCUT2D eigenvalue weighted by Gasteiger charge is 2.39. The molecule has 3 heterocycles. The van der Waals surface area contributed by atoms with Crippen LogP contribution < -0.4 is 88.4 Å². The molecule has 30 N–H and O–H groups in total. The van der Waals surface area contributed by atoms with Crippen LogP contribution in [-0.2, 0) is 64.0 Å². The lowest BCUT2D eigenvalue weighted by atomic mass is 9.80. The van der Waals surface area contributed by atoms with Crippen molar-refractivity contribution in [1.29, 1.82) is 0 Å². The lowest BCUT2D eigenvalue weighted by molar-refractivity contribution is -0.368. The zero-order chi connectivity index (χ0) is 86.8. The van der Waals surface area contributed by atoms with Gasteiger partial charge in [-0.25, -0.2) is 9.78 Å². The van der Waals surface area contributed by atoms with E-state index in [1.54, 1.807) is 32.6 Å². The van der Waals surface area contributed by atoms with Crippen LogP contribution in [0.3, 0.4) is 0 Å². The maximum absolute atomic E-state index is 15.0. The number of carboxylic acid groups (broad SMARTS) is 1. The smallest absolute Gasteiger partial charge is 0.326 e. The van der Waals surface area contributed by atoms with E-state index in [-0.39, 0.29) is 100 Å². The van der Waals surface area contributed by atoms with Gasteiger partial charge in [0.2, 0.25) is 35.4 Å². The number of aliphatic hydroxyl groups is 1. The van der Waals surface area contributed by atoms with Gasteiger partial charge >= 0.3 is 5.97 Å². The summed E-state index contributed by atoms with van der Waals surface area (Å²) in [5.41, 5.74) is 37.3. The number of amides is 6. The van der Waals surface area contributed by atoms with Crippen molar-refractivity contribution in [2.24, 2.45) is 80.1 Å². The van der Waals surface area contributed by atoms with Crippen molar-refractivity contribution in [2.45, 2.75) is 268 Å². The molecule has 11 unspecified atom stereocenters. The van der Waals surface area contributed by atoms with Gasteiger partial charge in [-0.05, 0) is 196 Å². The molecule has 0 spiro atoms. The van der Waals surface area contributed by atoms with E-state index in [1.807, 2.05) is 6.08 Å². The van der Waals surface area contributed by atoms with E-state index in [9.17, 15) is 67.7 Å². The van der Waals surface area contributed by atoms with E-state index >= 15 is 0 Å². The average Bonchev–Trinajstić information content (AvgIpc) is 1.40. The summed E-state index contributed by atoms with van der Waals surface area (Å²) in [5.74, 6) is -11.6. The number of nitrogens with two attached hydrogens (primary N) is 5. The zero-order valence-electron chi connectivity index (χ0n) is 71.0. The Morgan fingerprint density at radius 1 is 0.474 bits per heavy atom. The number of aliphatic imine (C=N–C) groups is 2. The van der Waals surface area contributed by atoms with Crippen molar-refractivity contribution < 1.29 is 84.9 Å². The van der Waals surface area contributed by atoms with Gasteiger partial charge in [0.25, 0.3) is 0 Å². The van der Waals surface area contributed by atoms with Crippen molar-refractivity contribution in [1.82, 2.24) is 52.5 Å². The number of imidazole rings is 1. The maximum atomic E-state index is 15.0. The molecule has 660 valence electrons. The first-order chi connectivity index (χ1) is 55.9. The van der Waals surface area contributed by atoms with Gasteiger partial charge in [-0.15, -0.1) is 0 Å². The predicted octanol–water partition coefficient (Wildman–Crippen LogP) is -0.255. The van der Waals surface area contributed by atoms with Crippen LogP contribution in [-0.4, -0.2) is 227 Å². The van der Waals surface area contributed by atoms with Gasteiger partial charge in [0.05, 0.1) is 74.7 Å². The number of aromatic nitrogens is 2. The van der Waals surface area contributed by atoms with Crippen molar-refractivity contribution in [3.05, 3.63) is 41.8 Å². The second-order valence-corrected chi connectivity index (χ2v) is 30.4. The molecule has 2 saturated carbocycles. The number of nitrogens with one attached hydrogen (secondary N) is 9. The second kappa shape index (κ2) is 64.3. The van der Waals surface area contributed by atoms with Crippen LogP contribution in [0, 0.1) is 41.4 Å². The SMILES string of the molecule is CN.CN.CN.CN.CNCCCC(CC(=O)C(CCCC[NH3+])NC(=O)C(CC(=O)CNC(=O)C(CC(=O)C(CC1=CCC=N1)NC(=O)C(CCCNC)CC(=O)C(CCCC[NH3+])NC(=O)C(C)N)Cc1cnc[nH]1)CC1CCC(O)CC1)C(=O)NC(CCCC[NH3+])C(=O)CC(CC1CCCCC1)C(=O)NC(CC1=CCC=N1)C(=O)O. The highest BCUT2D eigenvalue weighted by Crippen LogP contribution is 2.34. The molecule has 2 fully saturated rings. The molecule has 0 radical (unpaired) electrons. The van der Waals surface area contributed by atoms with Gasteiger partial charge < -0.3 is 104 Å². The minimum atomic E-state index is -1.27. The number of aliphatic hydroxyl groups excluding tert-OH is 1. The number of unbranched alkanes of at least 4 members (excludes halogenated alkanes) is 3. The Bertz CT molecular complexity index is 3160. The highest BCUT2D eigenvalue weighted by molar-refractivity contribution is 5.99. The van der Waals surface area contributed by atoms with E-state index in [2.05, 4.69) is 103 Å². The topological polar surface area (TPSA) is 608 Å². The molecule has 34 heteroatoms. The molecule has 1 aromatic rings. The lowest BCUT2D eigenvalue weighted by Gasteiger charge is -2.29. The van der Waals surface area contributed by atoms with E-state index < -0.39 is 144 Å². The zero-order valence-corrected chi connectivity index (χ0v) is 71.0. The number of nitrogens with zero attached hydrogens (tertiary/aromatic N) is 3. The predicted molar refractivity (Wildman–Crippen MR) is 449 cm³/mol. The molecule has 34 nitrogen and oxygen atoms in total. The van der Waals surface area contributed by atoms with Gasteiger partial charge in [-0.2, -0.15) is 0 Å². The van der Waals surface area contributed by atoms with Gasteiger partial charge in [0.15, 0.2) is 28.9 Å². The normalized spacial score (nSPS) is 17.7. The number of carboxylic acids is 1. The Hall–Kier alpha value is -7.77. The third-order valence-electron chi connectivity index (χ3n) is 21.4. The lowest BCUT2D eigenvalue weighted by Crippen LogP contribution is -2.51. The number of quaternary nitrogens is 3. The minimum absolute atomic E-state index is 0.0191. The fourth-order valence-electron chi connectivity index (χ4n) is 14.9. The summed E-state index contributed by atoms with van der Waals surface area (Å²) in [4.78, 5) is 187. The number of carbonyl (C=O) groups is 12. The number of ketones is 5. The Morgan fingerprint density at radius 3 is 1.28 bits per heavy atom. The number of hydrogen-bond donors (Lipinski definition) is 19. The summed E-state index contributed by atoms with van der Waals surface area (Å²) in [6.45, 7) is 3.75. The Morgan fingerprint density at radius 2 is 0.871 bits per heavy atom. The molecule has 5 rings (SSSR count). The molecule has 2 aliphatic heterocycles. The molecule has 4 aliphatic rings. The van der Waals surface area contributed by atoms with Crippen LogP contribution in [0.1, 0.15) is 225 Å². The molecule has 116 heavy (non-hydrogen) atoms. The van der Waals surface area contributed by atoms with Gasteiger partial charge in [0, 0.05) is 124 Å². The first kappa shape index (κ1) is 106. The second-order valence-electron chi connectivity index (χ2n) is 30.4. The molecular formula is C82H151N20O14+3. The number of aliphatic carboxylic acids is 1. The molecule has 0 bridgehead atoms. The van der Waals surface area contributed by atoms with Crippen LogP contribution in [0.25, 0.3) is 0 Å². The van der Waals surface area contributed by atoms with Crippen LogP contribution >= 0.6 is 0 Å². The Balaban J connectivity index is 0.00000814. The first-order valence-electron chi connectivity index (χ1n) is 42.4. The number of H-pyrrole nitrogens is 1. The van der Waals surface area contributed by atoms with Crippen molar-refractivity contribution in [3.8, 4) is 0 Å². The van der Waals surface area contributed by atoms with E-state index in [4.69, 9.17) is 5.73 Å². The van der Waals surface area contributed by atoms with E-state index in [1.165, 1.54) is 47.6 Å². The van der Waals surface area contributed by atoms with Gasteiger partial charge in [-0.3, -0.25) is 62.7 Å². The summed E-state index contributed by atoms with van der Waals surface area (Å²) in [7, 11) is 9.53. The summed E-state index contributed by atoms with van der Waals surface area (Å²) in [5, 5.41) is 44.0. The Kier molecular flexibility index (Phi) is 58.8. The van der Waals surface area contributed by atoms with Crippen molar-refractivity contribution in [2.75, 3.05) is 81.6 Å². The fraction of sp³-hybridized carbons (Fsp3) is 0.744. The minimum Gasteiger partial charge on any atom is -0.480 e. The van der Waals surface area contributed by atoms with Crippen LogP contribution in [0.5, 0.6) is 0 Å². The third kappa shape index (κ3) is 43.1. The van der Waals surface area contributed by atoms with Crippen LogP contribution in [0.15, 0.2) is 46.1 Å². The average molecular weight is 1640 g/mol. The number of allylic oxidation sites excluding steroid dienone is 2. The van der Waals surface area contributed by atoms with Gasteiger partial charge in [0.1, 0.15) is 6.04 Å². The summed E-state index contributed by atoms with van der Waals surface area (Å²) in [6, 6.07) is -6.40. The number of carbonyl (C=O) groups excluding carboxylic acids is 11. The monoisotopic (exact) mass is 1640 g/mol. The number of Topliss-reactive ketones (excluding diaryl/α,β-unsaturated/α-hetero) is 5. The highest BCUT2D eigenvalue weighted by atomic mass is 16.4. The standard InChI is InChI=1S/C78H128N16O14.4CH5N/c1-50(82)72(101)90-63(23-7-10-30-79)68(97)42-54(20-14-34-84-3)75(104)93-66(45-58-21-15-35-86-58)71(100)44-57(39-60-47-85-49-89-60)73(102)88-48-62(96)40-55(38-52-26-28-61(95)29-27-52)76(105)92-64(24-8-11-31-80)69(98)41-53(19-13-33-83-2)74(103)91-65(25-9-12-32-81)70(99)43-56(37-51-17-5-4-6-18-51)77(106)94-67(78(107)108)46-59-22-16-36-87-59;4*1-2/h21-22,35-36,47,49-57,61,63-67,83-84,95H,4-20,23-34,37-46,48,79-82H2,1-3H3,(H,85,89)(H,88,102)(H,90,101)(H,91,103)(H,92,105)(H,93,104)(H,94,106)(H,107,108);4*2H2,1H3/p+3. The van der Waals surface area contributed by atoms with Crippen LogP contribution in [0.2, 0.25) is 0 Å². The maximum Gasteiger partial charge on any atom is 0.326 e. The Labute approximate surface area is 688 Å². The van der Waals surface area contributed by atoms with Crippen molar-refractivity contribution in [3.63, 3.8) is 0 Å². The van der Waals surface area contributed by atoms with E-state index in [0.29, 0.717) is 153 Å². The first-order valence-corrected chi connectivity index (χ1v) is 42.4. The molecule has 0 aromatic carbocycles. The van der Waals surface area contributed by atoms with Crippen molar-refractivity contribution >= 4 is 82.8 Å². The summed E-state index contributed by atoms with van der Waals surface area (Å²) in [6.07, 6.45) is 22.1. The molecule has 6 amide bonds.